The van der Waals surface area contributed by atoms with Crippen LogP contribution in [0.15, 0.2) is 46.3 Å². The molecule has 0 bridgehead atoms. The Kier molecular flexibility index (Phi) is 6.63. The molecular formula is C21H20N2O6S. The number of rotatable bonds is 7. The van der Waals surface area contributed by atoms with Crippen molar-refractivity contribution in [3.05, 3.63) is 52.4 Å². The van der Waals surface area contributed by atoms with Gasteiger partial charge in [-0.25, -0.2) is 9.79 Å². The number of ether oxygens (including phenoxy) is 3. The summed E-state index contributed by atoms with van der Waals surface area (Å²) in [5, 5.41) is 11.9. The minimum atomic E-state index is -1.08. The SMILES string of the molecule is COc1ccc(C)cc1N=C1NC(=O)/C(=C/c2ccc(OCC(=O)O)c(OC)c2)S1. The van der Waals surface area contributed by atoms with E-state index in [1.54, 1.807) is 31.4 Å². The lowest BCUT2D eigenvalue weighted by Gasteiger charge is -2.09. The summed E-state index contributed by atoms with van der Waals surface area (Å²) in [6.07, 6.45) is 1.69. The number of carboxylic acids is 1. The second-order valence-corrected chi connectivity index (χ2v) is 7.28. The number of thioether (sulfide) groups is 1. The first kappa shape index (κ1) is 21.3. The summed E-state index contributed by atoms with van der Waals surface area (Å²) in [5.74, 6) is -0.0660. The number of benzene rings is 2. The maximum atomic E-state index is 12.4. The van der Waals surface area contributed by atoms with E-state index in [1.807, 2.05) is 25.1 Å². The molecule has 1 fully saturated rings. The smallest absolute Gasteiger partial charge is 0.341 e. The van der Waals surface area contributed by atoms with Crippen molar-refractivity contribution in [1.82, 2.24) is 5.32 Å². The van der Waals surface area contributed by atoms with E-state index in [0.29, 0.717) is 38.6 Å². The van der Waals surface area contributed by atoms with Gasteiger partial charge in [0.25, 0.3) is 5.91 Å². The molecule has 2 aromatic carbocycles. The van der Waals surface area contributed by atoms with Crippen molar-refractivity contribution < 1.29 is 28.9 Å². The number of nitrogens with one attached hydrogen (secondary N) is 1. The minimum absolute atomic E-state index is 0.268. The summed E-state index contributed by atoms with van der Waals surface area (Å²) in [6, 6.07) is 10.6. The number of carboxylic acid groups (broad SMARTS) is 1. The molecule has 2 N–H and O–H groups in total. The van der Waals surface area contributed by atoms with Crippen LogP contribution in [0.2, 0.25) is 0 Å². The largest absolute Gasteiger partial charge is 0.494 e. The van der Waals surface area contributed by atoms with Crippen molar-refractivity contribution in [2.75, 3.05) is 20.8 Å². The van der Waals surface area contributed by atoms with Gasteiger partial charge in [-0.05, 0) is 60.2 Å². The Hall–Kier alpha value is -3.46. The number of amides is 1. The highest BCUT2D eigenvalue weighted by molar-refractivity contribution is 8.18. The Bertz CT molecular complexity index is 1050. The Labute approximate surface area is 177 Å². The van der Waals surface area contributed by atoms with Gasteiger partial charge in [0.15, 0.2) is 23.3 Å². The number of carbonyl (C=O) groups is 2. The standard InChI is InChI=1S/C21H20N2O6S/c1-12-4-6-15(27-2)14(8-12)22-21-23-20(26)18(30-21)10-13-5-7-16(17(9-13)28-3)29-11-19(24)25/h4-10H,11H2,1-3H3,(H,24,25)(H,22,23,26)/b18-10-. The number of amidine groups is 1. The molecule has 1 heterocycles. The van der Waals surface area contributed by atoms with Crippen molar-refractivity contribution >= 4 is 40.6 Å². The van der Waals surface area contributed by atoms with E-state index >= 15 is 0 Å². The van der Waals surface area contributed by atoms with E-state index in [1.165, 1.54) is 18.9 Å². The fourth-order valence-corrected chi connectivity index (χ4v) is 3.50. The zero-order valence-electron chi connectivity index (χ0n) is 16.6. The third-order valence-corrected chi connectivity index (χ3v) is 4.95. The lowest BCUT2D eigenvalue weighted by Crippen LogP contribution is -2.19. The van der Waals surface area contributed by atoms with Crippen LogP contribution in [0.3, 0.4) is 0 Å². The molecule has 1 saturated heterocycles. The van der Waals surface area contributed by atoms with Crippen LogP contribution in [0.25, 0.3) is 6.08 Å². The number of hydrogen-bond acceptors (Lipinski definition) is 7. The monoisotopic (exact) mass is 428 g/mol. The number of hydrogen-bond donors (Lipinski definition) is 2. The fourth-order valence-electron chi connectivity index (χ4n) is 2.66. The van der Waals surface area contributed by atoms with E-state index in [-0.39, 0.29) is 5.91 Å². The lowest BCUT2D eigenvalue weighted by atomic mass is 10.2. The molecule has 1 aliphatic heterocycles. The third kappa shape index (κ3) is 5.12. The fraction of sp³-hybridized carbons (Fsp3) is 0.190. The number of aliphatic imine (C=N–C) groups is 1. The van der Waals surface area contributed by atoms with Crippen molar-refractivity contribution in [3.63, 3.8) is 0 Å². The highest BCUT2D eigenvalue weighted by atomic mass is 32.2. The van der Waals surface area contributed by atoms with Crippen LogP contribution in [0.4, 0.5) is 5.69 Å². The van der Waals surface area contributed by atoms with Crippen molar-refractivity contribution in [3.8, 4) is 17.2 Å². The van der Waals surface area contributed by atoms with Gasteiger partial charge in [0, 0.05) is 0 Å². The third-order valence-electron chi connectivity index (χ3n) is 4.04. The summed E-state index contributed by atoms with van der Waals surface area (Å²) in [7, 11) is 3.02. The Morgan fingerprint density at radius 3 is 2.57 bits per heavy atom. The average Bonchev–Trinajstić information content (AvgIpc) is 3.05. The van der Waals surface area contributed by atoms with Crippen LogP contribution in [-0.2, 0) is 9.59 Å². The molecule has 30 heavy (non-hydrogen) atoms. The number of methoxy groups -OCH3 is 2. The van der Waals surface area contributed by atoms with Gasteiger partial charge in [0.05, 0.1) is 19.1 Å². The molecule has 2 aromatic rings. The van der Waals surface area contributed by atoms with Crippen molar-refractivity contribution in [2.45, 2.75) is 6.92 Å². The maximum absolute atomic E-state index is 12.4. The van der Waals surface area contributed by atoms with Gasteiger partial charge in [0.1, 0.15) is 11.4 Å². The quantitative estimate of drug-likeness (QED) is 0.651. The molecule has 8 nitrogen and oxygen atoms in total. The molecule has 0 unspecified atom stereocenters. The van der Waals surface area contributed by atoms with Crippen LogP contribution in [0.5, 0.6) is 17.2 Å². The molecule has 9 heteroatoms. The second-order valence-electron chi connectivity index (χ2n) is 6.25. The van der Waals surface area contributed by atoms with Crippen LogP contribution in [0, 0.1) is 6.92 Å². The number of aryl methyl sites for hydroxylation is 1. The molecule has 0 aliphatic carbocycles. The summed E-state index contributed by atoms with van der Waals surface area (Å²) in [6.45, 7) is 1.48. The highest BCUT2D eigenvalue weighted by Crippen LogP contribution is 2.34. The van der Waals surface area contributed by atoms with Gasteiger partial charge in [-0.1, -0.05) is 12.1 Å². The lowest BCUT2D eigenvalue weighted by molar-refractivity contribution is -0.139. The second kappa shape index (κ2) is 9.36. The minimum Gasteiger partial charge on any atom is -0.494 e. The first-order chi connectivity index (χ1) is 14.4. The molecule has 0 radical (unpaired) electrons. The number of aliphatic carboxylic acids is 1. The van der Waals surface area contributed by atoms with Gasteiger partial charge in [-0.15, -0.1) is 0 Å². The first-order valence-electron chi connectivity index (χ1n) is 8.86. The first-order valence-corrected chi connectivity index (χ1v) is 9.68. The van der Waals surface area contributed by atoms with E-state index in [2.05, 4.69) is 10.3 Å². The summed E-state index contributed by atoms with van der Waals surface area (Å²) < 4.78 is 15.8. The van der Waals surface area contributed by atoms with E-state index < -0.39 is 12.6 Å². The predicted molar refractivity (Wildman–Crippen MR) is 115 cm³/mol. The molecule has 1 aliphatic rings. The van der Waals surface area contributed by atoms with Crippen LogP contribution in [-0.4, -0.2) is 43.0 Å². The van der Waals surface area contributed by atoms with Gasteiger partial charge in [-0.3, -0.25) is 4.79 Å². The zero-order chi connectivity index (χ0) is 21.7. The topological polar surface area (TPSA) is 106 Å². The van der Waals surface area contributed by atoms with E-state index in [9.17, 15) is 9.59 Å². The molecule has 3 rings (SSSR count). The zero-order valence-corrected chi connectivity index (χ0v) is 17.4. The van der Waals surface area contributed by atoms with Crippen LogP contribution >= 0.6 is 11.8 Å². The molecule has 1 amide bonds. The van der Waals surface area contributed by atoms with Gasteiger partial charge in [0.2, 0.25) is 0 Å². The Morgan fingerprint density at radius 2 is 1.87 bits per heavy atom. The molecule has 0 atom stereocenters. The Morgan fingerprint density at radius 1 is 1.13 bits per heavy atom. The van der Waals surface area contributed by atoms with Gasteiger partial charge >= 0.3 is 5.97 Å². The van der Waals surface area contributed by atoms with Crippen molar-refractivity contribution in [2.24, 2.45) is 4.99 Å². The Balaban J connectivity index is 1.83. The van der Waals surface area contributed by atoms with Gasteiger partial charge < -0.3 is 24.6 Å². The van der Waals surface area contributed by atoms with Gasteiger partial charge in [-0.2, -0.15) is 0 Å². The maximum Gasteiger partial charge on any atom is 0.341 e. The summed E-state index contributed by atoms with van der Waals surface area (Å²) in [4.78, 5) is 28.0. The normalized spacial score (nSPS) is 15.9. The molecule has 0 saturated carbocycles. The van der Waals surface area contributed by atoms with E-state index in [0.717, 1.165) is 5.56 Å². The average molecular weight is 428 g/mol. The van der Waals surface area contributed by atoms with Crippen molar-refractivity contribution in [1.29, 1.82) is 0 Å². The molecule has 0 aromatic heterocycles. The summed E-state index contributed by atoms with van der Waals surface area (Å²) >= 11 is 1.21. The predicted octanol–water partition coefficient (Wildman–Crippen LogP) is 3.37. The van der Waals surface area contributed by atoms with E-state index in [4.69, 9.17) is 19.3 Å². The summed E-state index contributed by atoms with van der Waals surface area (Å²) in [5.41, 5.74) is 2.35. The number of carbonyl (C=O) groups excluding carboxylic acids is 1. The van der Waals surface area contributed by atoms with Crippen LogP contribution < -0.4 is 19.5 Å². The molecule has 0 spiro atoms. The van der Waals surface area contributed by atoms with Crippen LogP contribution in [0.1, 0.15) is 11.1 Å². The molecular weight excluding hydrogens is 408 g/mol. The number of nitrogens with zero attached hydrogens (tertiary/aromatic N) is 1. The molecule has 156 valence electrons. The highest BCUT2D eigenvalue weighted by Gasteiger charge is 2.24.